The molecule has 136 valence electrons. The van der Waals surface area contributed by atoms with Crippen molar-refractivity contribution in [1.82, 2.24) is 15.5 Å². The van der Waals surface area contributed by atoms with E-state index in [4.69, 9.17) is 0 Å². The van der Waals surface area contributed by atoms with Gasteiger partial charge in [0.2, 0.25) is 5.91 Å². The molecule has 0 aromatic heterocycles. The molecule has 3 rings (SSSR count). The molecule has 1 saturated heterocycles. The monoisotopic (exact) mass is 352 g/mol. The van der Waals surface area contributed by atoms with Crippen LogP contribution in [0.25, 0.3) is 0 Å². The maximum atomic E-state index is 12.6. The number of nitrogens with one attached hydrogen (secondary N) is 2. The van der Waals surface area contributed by atoms with Crippen molar-refractivity contribution < 1.29 is 4.79 Å². The predicted molar refractivity (Wildman–Crippen MR) is 102 cm³/mol. The van der Waals surface area contributed by atoms with Gasteiger partial charge in [0.05, 0.1) is 0 Å². The van der Waals surface area contributed by atoms with Crippen molar-refractivity contribution >= 4 is 23.6 Å². The third-order valence-electron chi connectivity index (χ3n) is 5.50. The Morgan fingerprint density at radius 3 is 2.21 bits per heavy atom. The standard InChI is InChI=1S/C18H32N4OS/c1-2-19-18(20-15-4-3-5-15)21-16-8-6-14(7-9-16)17(23)22-10-12-24-13-11-22/h14-16H,2-13H2,1H3,(H2,19,20,21). The molecule has 3 fully saturated rings. The molecule has 3 aliphatic rings. The van der Waals surface area contributed by atoms with Crippen LogP contribution in [0.5, 0.6) is 0 Å². The van der Waals surface area contributed by atoms with E-state index in [-0.39, 0.29) is 5.92 Å². The molecule has 0 bridgehead atoms. The van der Waals surface area contributed by atoms with E-state index in [0.717, 1.165) is 62.8 Å². The number of hydrogen-bond donors (Lipinski definition) is 2. The largest absolute Gasteiger partial charge is 0.354 e. The van der Waals surface area contributed by atoms with Gasteiger partial charge in [-0.1, -0.05) is 0 Å². The van der Waals surface area contributed by atoms with Gasteiger partial charge >= 0.3 is 0 Å². The molecule has 2 N–H and O–H groups in total. The third-order valence-corrected chi connectivity index (χ3v) is 6.44. The molecule has 1 heterocycles. The molecule has 0 radical (unpaired) electrons. The van der Waals surface area contributed by atoms with Gasteiger partial charge in [-0.25, -0.2) is 0 Å². The Hall–Kier alpha value is -0.910. The lowest BCUT2D eigenvalue weighted by Crippen LogP contribution is -2.51. The molecule has 2 saturated carbocycles. The van der Waals surface area contributed by atoms with Crippen molar-refractivity contribution in [3.63, 3.8) is 0 Å². The summed E-state index contributed by atoms with van der Waals surface area (Å²) in [6, 6.07) is 1.07. The van der Waals surface area contributed by atoms with Crippen LogP contribution in [0.3, 0.4) is 0 Å². The molecule has 0 atom stereocenters. The Morgan fingerprint density at radius 2 is 1.67 bits per heavy atom. The smallest absolute Gasteiger partial charge is 0.225 e. The van der Waals surface area contributed by atoms with Crippen LogP contribution in [-0.2, 0) is 4.79 Å². The minimum absolute atomic E-state index is 0.248. The molecule has 0 unspecified atom stereocenters. The maximum absolute atomic E-state index is 12.6. The van der Waals surface area contributed by atoms with Crippen LogP contribution in [-0.4, -0.2) is 60.0 Å². The first-order valence-electron chi connectivity index (χ1n) is 9.70. The highest BCUT2D eigenvalue weighted by Crippen LogP contribution is 2.27. The molecule has 1 aliphatic heterocycles. The minimum Gasteiger partial charge on any atom is -0.354 e. The van der Waals surface area contributed by atoms with Gasteiger partial charge in [0.25, 0.3) is 0 Å². The first-order chi connectivity index (χ1) is 11.8. The molecular weight excluding hydrogens is 320 g/mol. The first-order valence-corrected chi connectivity index (χ1v) is 10.9. The summed E-state index contributed by atoms with van der Waals surface area (Å²) < 4.78 is 0. The van der Waals surface area contributed by atoms with Crippen molar-refractivity contribution in [2.75, 3.05) is 31.1 Å². The Kier molecular flexibility index (Phi) is 6.69. The number of guanidine groups is 1. The van der Waals surface area contributed by atoms with Crippen molar-refractivity contribution in [1.29, 1.82) is 0 Å². The number of rotatable bonds is 4. The predicted octanol–water partition coefficient (Wildman–Crippen LogP) is 2.23. The zero-order chi connectivity index (χ0) is 16.8. The van der Waals surface area contributed by atoms with Gasteiger partial charge in [0.15, 0.2) is 5.96 Å². The summed E-state index contributed by atoms with van der Waals surface area (Å²) >= 11 is 1.96. The van der Waals surface area contributed by atoms with E-state index in [0.29, 0.717) is 18.0 Å². The molecule has 0 aromatic carbocycles. The van der Waals surface area contributed by atoms with Crippen molar-refractivity contribution in [3.8, 4) is 0 Å². The highest BCUT2D eigenvalue weighted by atomic mass is 32.2. The molecular formula is C18H32N4OS. The zero-order valence-electron chi connectivity index (χ0n) is 14.9. The Morgan fingerprint density at radius 1 is 1.04 bits per heavy atom. The van der Waals surface area contributed by atoms with Gasteiger partial charge in [0, 0.05) is 49.1 Å². The van der Waals surface area contributed by atoms with Crippen LogP contribution in [0.4, 0.5) is 0 Å². The van der Waals surface area contributed by atoms with E-state index < -0.39 is 0 Å². The quantitative estimate of drug-likeness (QED) is 0.602. The fourth-order valence-corrected chi connectivity index (χ4v) is 4.66. The minimum atomic E-state index is 0.248. The van der Waals surface area contributed by atoms with E-state index in [9.17, 15) is 4.79 Å². The summed E-state index contributed by atoms with van der Waals surface area (Å²) in [6.07, 6.45) is 8.05. The summed E-state index contributed by atoms with van der Waals surface area (Å²) in [7, 11) is 0. The van der Waals surface area contributed by atoms with Crippen LogP contribution < -0.4 is 10.6 Å². The highest BCUT2D eigenvalue weighted by Gasteiger charge is 2.30. The number of thioether (sulfide) groups is 1. The van der Waals surface area contributed by atoms with Crippen LogP contribution in [0.2, 0.25) is 0 Å². The van der Waals surface area contributed by atoms with Crippen LogP contribution in [0.15, 0.2) is 4.99 Å². The number of nitrogens with zero attached hydrogens (tertiary/aromatic N) is 2. The Bertz CT molecular complexity index is 438. The van der Waals surface area contributed by atoms with Crippen LogP contribution in [0.1, 0.15) is 51.9 Å². The molecule has 6 heteroatoms. The van der Waals surface area contributed by atoms with Gasteiger partial charge in [-0.2, -0.15) is 11.8 Å². The van der Waals surface area contributed by atoms with E-state index in [1.807, 2.05) is 11.8 Å². The maximum Gasteiger partial charge on any atom is 0.225 e. The summed E-state index contributed by atoms with van der Waals surface area (Å²) in [5.41, 5.74) is 0. The molecule has 2 aliphatic carbocycles. The lowest BCUT2D eigenvalue weighted by atomic mass is 9.85. The molecule has 5 nitrogen and oxygen atoms in total. The second-order valence-corrected chi connectivity index (χ2v) is 8.45. The second kappa shape index (κ2) is 8.97. The highest BCUT2D eigenvalue weighted by molar-refractivity contribution is 7.99. The Labute approximate surface area is 150 Å². The summed E-state index contributed by atoms with van der Waals surface area (Å²) in [6.45, 7) is 4.78. The Balaban J connectivity index is 1.43. The number of carbonyl (C=O) groups is 1. The van der Waals surface area contributed by atoms with Crippen LogP contribution in [0, 0.1) is 5.92 Å². The second-order valence-electron chi connectivity index (χ2n) is 7.23. The van der Waals surface area contributed by atoms with E-state index in [1.165, 1.54) is 19.3 Å². The lowest BCUT2D eigenvalue weighted by Gasteiger charge is -2.35. The van der Waals surface area contributed by atoms with Gasteiger partial charge in [-0.15, -0.1) is 0 Å². The van der Waals surface area contributed by atoms with Gasteiger partial charge in [0.1, 0.15) is 0 Å². The summed E-state index contributed by atoms with van der Waals surface area (Å²) in [5, 5.41) is 7.15. The van der Waals surface area contributed by atoms with E-state index in [1.54, 1.807) is 0 Å². The number of carbonyl (C=O) groups excluding carboxylic acids is 1. The SMILES string of the molecule is CCN=C(NC1CCC1)NC1CCC(C(=O)N2CCSCC2)CC1. The van der Waals surface area contributed by atoms with Crippen molar-refractivity contribution in [2.45, 2.75) is 64.0 Å². The average molecular weight is 353 g/mol. The topological polar surface area (TPSA) is 56.7 Å². The number of aliphatic imine (C=N–C) groups is 1. The summed E-state index contributed by atoms with van der Waals surface area (Å²) in [5.74, 6) is 3.84. The van der Waals surface area contributed by atoms with E-state index in [2.05, 4.69) is 27.4 Å². The van der Waals surface area contributed by atoms with Crippen molar-refractivity contribution in [2.24, 2.45) is 10.9 Å². The van der Waals surface area contributed by atoms with Gasteiger partial charge in [-0.05, 0) is 51.9 Å². The van der Waals surface area contributed by atoms with Crippen molar-refractivity contribution in [3.05, 3.63) is 0 Å². The lowest BCUT2D eigenvalue weighted by molar-refractivity contribution is -0.136. The number of amides is 1. The fourth-order valence-electron chi connectivity index (χ4n) is 3.76. The third kappa shape index (κ3) is 4.80. The normalized spacial score (nSPS) is 29.0. The first kappa shape index (κ1) is 17.9. The molecule has 24 heavy (non-hydrogen) atoms. The molecule has 0 aromatic rings. The fraction of sp³-hybridized carbons (Fsp3) is 0.889. The van der Waals surface area contributed by atoms with Crippen LogP contribution >= 0.6 is 11.8 Å². The average Bonchev–Trinajstić information content (AvgIpc) is 2.59. The van der Waals surface area contributed by atoms with Gasteiger partial charge in [-0.3, -0.25) is 9.79 Å². The van der Waals surface area contributed by atoms with E-state index >= 15 is 0 Å². The molecule has 1 amide bonds. The summed E-state index contributed by atoms with van der Waals surface area (Å²) in [4.78, 5) is 19.3. The zero-order valence-corrected chi connectivity index (χ0v) is 15.7. The number of hydrogen-bond acceptors (Lipinski definition) is 3. The molecule has 0 spiro atoms. The van der Waals surface area contributed by atoms with Gasteiger partial charge < -0.3 is 15.5 Å².